The molecule has 142 valence electrons. The highest BCUT2D eigenvalue weighted by Gasteiger charge is 2.25. The van der Waals surface area contributed by atoms with Gasteiger partial charge in [-0.3, -0.25) is 0 Å². The van der Waals surface area contributed by atoms with E-state index in [9.17, 15) is 9.90 Å². The molecule has 0 aromatic heterocycles. The molecule has 28 heavy (non-hydrogen) atoms. The first kappa shape index (κ1) is 18.6. The number of carboxylic acids is 1. The van der Waals surface area contributed by atoms with Crippen LogP contribution in [0, 0.1) is 0 Å². The second-order valence-corrected chi connectivity index (χ2v) is 8.80. The van der Waals surface area contributed by atoms with Gasteiger partial charge in [0, 0.05) is 28.0 Å². The lowest BCUT2D eigenvalue weighted by atomic mass is 10.1. The standard InChI is InChI=1S/C23H21NO3S/c25-23(26)18-6-8-20(9-7-18)24(19-4-2-1-3-5-19)21-10-12-22(13-11-21)28-16-14-27-15-17-28/h1-13H,14-17H2/p+1. The van der Waals surface area contributed by atoms with E-state index in [1.807, 2.05) is 30.3 Å². The number of hydrogen-bond donors (Lipinski definition) is 1. The third kappa shape index (κ3) is 4.06. The molecular weight excluding hydrogens is 370 g/mol. The fourth-order valence-electron chi connectivity index (χ4n) is 3.32. The molecule has 0 spiro atoms. The number of carbonyl (C=O) groups is 1. The van der Waals surface area contributed by atoms with Crippen molar-refractivity contribution in [3.05, 3.63) is 84.4 Å². The van der Waals surface area contributed by atoms with Crippen LogP contribution >= 0.6 is 0 Å². The maximum atomic E-state index is 11.2. The molecule has 3 aromatic carbocycles. The van der Waals surface area contributed by atoms with Gasteiger partial charge in [-0.2, -0.15) is 0 Å². The van der Waals surface area contributed by atoms with Gasteiger partial charge in [0.2, 0.25) is 0 Å². The first-order chi connectivity index (χ1) is 13.7. The number of anilines is 3. The van der Waals surface area contributed by atoms with E-state index in [2.05, 4.69) is 41.3 Å². The third-order valence-electron chi connectivity index (χ3n) is 4.76. The molecule has 0 saturated carbocycles. The lowest BCUT2D eigenvalue weighted by molar-refractivity contribution is 0.0697. The van der Waals surface area contributed by atoms with Crippen LogP contribution in [0.15, 0.2) is 83.8 Å². The number of para-hydroxylation sites is 1. The molecule has 4 nitrogen and oxygen atoms in total. The van der Waals surface area contributed by atoms with Crippen molar-refractivity contribution in [1.29, 1.82) is 0 Å². The number of aromatic carboxylic acids is 1. The highest BCUT2D eigenvalue weighted by Crippen LogP contribution is 2.35. The topological polar surface area (TPSA) is 49.8 Å². The summed E-state index contributed by atoms with van der Waals surface area (Å²) in [7, 11) is 0.264. The molecule has 0 unspecified atom stereocenters. The van der Waals surface area contributed by atoms with Crippen molar-refractivity contribution in [3.8, 4) is 0 Å². The van der Waals surface area contributed by atoms with Gasteiger partial charge in [-0.1, -0.05) is 18.2 Å². The number of ether oxygens (including phenoxy) is 1. The van der Waals surface area contributed by atoms with E-state index >= 15 is 0 Å². The normalized spacial score (nSPS) is 14.6. The molecule has 5 heteroatoms. The minimum absolute atomic E-state index is 0.264. The van der Waals surface area contributed by atoms with Crippen LogP contribution in [0.1, 0.15) is 10.4 Å². The van der Waals surface area contributed by atoms with Crippen molar-refractivity contribution in [2.75, 3.05) is 29.6 Å². The number of rotatable bonds is 5. The zero-order chi connectivity index (χ0) is 19.3. The van der Waals surface area contributed by atoms with E-state index in [-0.39, 0.29) is 16.5 Å². The van der Waals surface area contributed by atoms with Gasteiger partial charge in [0.25, 0.3) is 0 Å². The Morgan fingerprint density at radius 2 is 1.32 bits per heavy atom. The van der Waals surface area contributed by atoms with Crippen LogP contribution in [0.4, 0.5) is 17.1 Å². The average molecular weight is 393 g/mol. The molecule has 1 fully saturated rings. The van der Waals surface area contributed by atoms with Crippen molar-refractivity contribution < 1.29 is 14.6 Å². The predicted octanol–water partition coefficient (Wildman–Crippen LogP) is 4.86. The Morgan fingerprint density at radius 1 is 0.786 bits per heavy atom. The second kappa shape index (κ2) is 8.50. The number of benzene rings is 3. The zero-order valence-electron chi connectivity index (χ0n) is 15.5. The molecule has 0 aliphatic carbocycles. The van der Waals surface area contributed by atoms with E-state index in [1.54, 1.807) is 12.1 Å². The lowest BCUT2D eigenvalue weighted by Gasteiger charge is -2.25. The smallest absolute Gasteiger partial charge is 0.335 e. The summed E-state index contributed by atoms with van der Waals surface area (Å²) in [6.07, 6.45) is 0. The maximum Gasteiger partial charge on any atom is 0.335 e. The van der Waals surface area contributed by atoms with Gasteiger partial charge in [0.1, 0.15) is 11.5 Å². The predicted molar refractivity (Wildman–Crippen MR) is 114 cm³/mol. The van der Waals surface area contributed by atoms with E-state index < -0.39 is 5.97 Å². The summed E-state index contributed by atoms with van der Waals surface area (Å²) in [5.74, 6) is 1.27. The Balaban J connectivity index is 1.68. The second-order valence-electron chi connectivity index (χ2n) is 6.53. The van der Waals surface area contributed by atoms with Gasteiger partial charge in [-0.15, -0.1) is 0 Å². The molecule has 0 amide bonds. The SMILES string of the molecule is O=C(O)c1ccc(N(c2ccccc2)c2ccc([S+]3CCOCC3)cc2)cc1. The molecule has 0 atom stereocenters. The summed E-state index contributed by atoms with van der Waals surface area (Å²) >= 11 is 0. The molecule has 0 bridgehead atoms. The van der Waals surface area contributed by atoms with Crippen LogP contribution in [0.2, 0.25) is 0 Å². The molecular formula is C23H22NO3S+. The molecule has 1 aliphatic heterocycles. The Kier molecular flexibility index (Phi) is 5.65. The summed E-state index contributed by atoms with van der Waals surface area (Å²) in [5, 5.41) is 9.18. The Bertz CT molecular complexity index is 920. The largest absolute Gasteiger partial charge is 0.478 e. The monoisotopic (exact) mass is 392 g/mol. The molecule has 4 rings (SSSR count). The minimum Gasteiger partial charge on any atom is -0.478 e. The molecule has 1 aliphatic rings. The van der Waals surface area contributed by atoms with Crippen LogP contribution in [-0.2, 0) is 15.6 Å². The molecule has 1 saturated heterocycles. The van der Waals surface area contributed by atoms with Crippen molar-refractivity contribution >= 4 is 33.9 Å². The van der Waals surface area contributed by atoms with Gasteiger partial charge < -0.3 is 14.7 Å². The molecule has 3 aromatic rings. The quantitative estimate of drug-likeness (QED) is 0.630. The summed E-state index contributed by atoms with van der Waals surface area (Å²) in [4.78, 5) is 14.7. The average Bonchev–Trinajstić information content (AvgIpc) is 2.76. The Labute approximate surface area is 167 Å². The lowest BCUT2D eigenvalue weighted by Crippen LogP contribution is -2.26. The fourth-order valence-corrected chi connectivity index (χ4v) is 5.16. The van der Waals surface area contributed by atoms with Crippen molar-refractivity contribution in [1.82, 2.24) is 0 Å². The summed E-state index contributed by atoms with van der Waals surface area (Å²) < 4.78 is 5.48. The summed E-state index contributed by atoms with van der Waals surface area (Å²) in [6.45, 7) is 1.69. The van der Waals surface area contributed by atoms with Crippen molar-refractivity contribution in [2.24, 2.45) is 0 Å². The molecule has 1 N–H and O–H groups in total. The minimum atomic E-state index is -0.917. The molecule has 0 radical (unpaired) electrons. The van der Waals surface area contributed by atoms with Gasteiger partial charge in [-0.05, 0) is 60.7 Å². The van der Waals surface area contributed by atoms with E-state index in [0.29, 0.717) is 0 Å². The highest BCUT2D eigenvalue weighted by atomic mass is 32.2. The van der Waals surface area contributed by atoms with Gasteiger partial charge in [0.15, 0.2) is 4.90 Å². The highest BCUT2D eigenvalue weighted by molar-refractivity contribution is 7.97. The number of carboxylic acid groups (broad SMARTS) is 1. The van der Waals surface area contributed by atoms with Crippen molar-refractivity contribution in [3.63, 3.8) is 0 Å². The van der Waals surface area contributed by atoms with E-state index in [0.717, 1.165) is 41.8 Å². The first-order valence-electron chi connectivity index (χ1n) is 9.26. The summed E-state index contributed by atoms with van der Waals surface area (Å²) in [6, 6.07) is 25.8. The number of hydrogen-bond acceptors (Lipinski definition) is 3. The zero-order valence-corrected chi connectivity index (χ0v) is 16.3. The first-order valence-corrected chi connectivity index (χ1v) is 10.8. The van der Waals surface area contributed by atoms with Crippen LogP contribution in [0.25, 0.3) is 0 Å². The maximum absolute atomic E-state index is 11.2. The summed E-state index contributed by atoms with van der Waals surface area (Å²) in [5.41, 5.74) is 3.30. The van der Waals surface area contributed by atoms with Crippen LogP contribution < -0.4 is 4.90 Å². The fraction of sp³-hybridized carbons (Fsp3) is 0.174. The Morgan fingerprint density at radius 3 is 1.89 bits per heavy atom. The Hall–Kier alpha value is -2.76. The van der Waals surface area contributed by atoms with E-state index in [4.69, 9.17) is 4.74 Å². The van der Waals surface area contributed by atoms with Gasteiger partial charge >= 0.3 is 5.97 Å². The van der Waals surface area contributed by atoms with Gasteiger partial charge in [-0.25, -0.2) is 4.79 Å². The number of nitrogens with zero attached hydrogens (tertiary/aromatic N) is 1. The van der Waals surface area contributed by atoms with Crippen LogP contribution in [-0.4, -0.2) is 35.8 Å². The molecule has 1 heterocycles. The van der Waals surface area contributed by atoms with Crippen LogP contribution in [0.3, 0.4) is 0 Å². The third-order valence-corrected chi connectivity index (χ3v) is 7.02. The van der Waals surface area contributed by atoms with Crippen LogP contribution in [0.5, 0.6) is 0 Å². The van der Waals surface area contributed by atoms with Gasteiger partial charge in [0.05, 0.1) is 18.8 Å². The van der Waals surface area contributed by atoms with Crippen molar-refractivity contribution in [2.45, 2.75) is 4.90 Å². The van der Waals surface area contributed by atoms with E-state index in [1.165, 1.54) is 4.90 Å².